The van der Waals surface area contributed by atoms with Crippen LogP contribution in [0.15, 0.2) is 174 Å². The Labute approximate surface area is 369 Å². The number of anilines is 3. The van der Waals surface area contributed by atoms with Gasteiger partial charge in [-0.1, -0.05) is 143 Å². The van der Waals surface area contributed by atoms with E-state index in [9.17, 15) is 0 Å². The Hall–Kier alpha value is -7.41. The molecule has 6 heteroatoms. The molecule has 0 radical (unpaired) electrons. The molecule has 0 bridgehead atoms. The molecule has 300 valence electrons. The zero-order valence-corrected chi connectivity index (χ0v) is 36.1. The minimum atomic E-state index is -0.205. The predicted octanol–water partition coefficient (Wildman–Crippen LogP) is 15.6. The summed E-state index contributed by atoms with van der Waals surface area (Å²) in [6.07, 6.45) is 0. The SMILES string of the molecule is CC1(C)c2ccccc2-c2cc(N(c3nc(-c4ccc5oc6ccccc6c5c4)nc(-c4cccc5c4sc4ccccc45)n3)c3cccc4c3-c3ccccc3C4(C)C)ccc21. The van der Waals surface area contributed by atoms with Gasteiger partial charge in [0.05, 0.1) is 5.69 Å². The molecule has 2 aliphatic carbocycles. The number of furan rings is 1. The zero-order chi connectivity index (χ0) is 42.2. The average molecular weight is 829 g/mol. The maximum absolute atomic E-state index is 6.30. The van der Waals surface area contributed by atoms with Crippen LogP contribution < -0.4 is 4.90 Å². The molecular weight excluding hydrogens is 789 g/mol. The van der Waals surface area contributed by atoms with Gasteiger partial charge in [0, 0.05) is 64.2 Å². The predicted molar refractivity (Wildman–Crippen MR) is 261 cm³/mol. The first-order valence-corrected chi connectivity index (χ1v) is 22.4. The summed E-state index contributed by atoms with van der Waals surface area (Å²) in [7, 11) is 0. The molecule has 13 rings (SSSR count). The monoisotopic (exact) mass is 828 g/mol. The van der Waals surface area contributed by atoms with E-state index in [0.717, 1.165) is 49.1 Å². The van der Waals surface area contributed by atoms with E-state index in [1.54, 1.807) is 11.3 Å². The van der Waals surface area contributed by atoms with Crippen molar-refractivity contribution in [3.8, 4) is 45.0 Å². The zero-order valence-electron chi connectivity index (χ0n) is 35.3. The summed E-state index contributed by atoms with van der Waals surface area (Å²) in [6, 6.07) is 60.9. The fourth-order valence-corrected chi connectivity index (χ4v) is 11.8. The summed E-state index contributed by atoms with van der Waals surface area (Å²) < 4.78 is 8.68. The lowest BCUT2D eigenvalue weighted by atomic mass is 9.82. The van der Waals surface area contributed by atoms with Crippen molar-refractivity contribution in [3.05, 3.63) is 192 Å². The lowest BCUT2D eigenvalue weighted by Gasteiger charge is -2.28. The second kappa shape index (κ2) is 13.1. The molecule has 8 aromatic carbocycles. The summed E-state index contributed by atoms with van der Waals surface area (Å²) in [5, 5.41) is 4.51. The van der Waals surface area contributed by atoms with Crippen LogP contribution in [0.5, 0.6) is 0 Å². The fraction of sp³-hybridized carbons (Fsp3) is 0.105. The molecule has 0 atom stereocenters. The molecule has 0 fully saturated rings. The van der Waals surface area contributed by atoms with Gasteiger partial charge in [0.1, 0.15) is 11.2 Å². The Kier molecular flexibility index (Phi) is 7.51. The molecule has 0 unspecified atom stereocenters. The second-order valence-electron chi connectivity index (χ2n) is 18.0. The minimum absolute atomic E-state index is 0.140. The first-order valence-electron chi connectivity index (χ1n) is 21.6. The van der Waals surface area contributed by atoms with E-state index in [0.29, 0.717) is 17.6 Å². The van der Waals surface area contributed by atoms with Crippen molar-refractivity contribution in [2.75, 3.05) is 4.90 Å². The summed E-state index contributed by atoms with van der Waals surface area (Å²) in [6.45, 7) is 9.33. The highest BCUT2D eigenvalue weighted by Gasteiger charge is 2.39. The van der Waals surface area contributed by atoms with Crippen LogP contribution >= 0.6 is 11.3 Å². The molecular formula is C57H40N4OS. The largest absolute Gasteiger partial charge is 0.456 e. The second-order valence-corrected chi connectivity index (χ2v) is 19.0. The van der Waals surface area contributed by atoms with Crippen molar-refractivity contribution in [3.63, 3.8) is 0 Å². The van der Waals surface area contributed by atoms with Crippen molar-refractivity contribution in [2.24, 2.45) is 0 Å². The highest BCUT2D eigenvalue weighted by Crippen LogP contribution is 2.55. The molecule has 11 aromatic rings. The number of benzene rings is 8. The number of hydrogen-bond donors (Lipinski definition) is 0. The first kappa shape index (κ1) is 36.3. The van der Waals surface area contributed by atoms with E-state index in [1.807, 2.05) is 18.2 Å². The third-order valence-electron chi connectivity index (χ3n) is 13.8. The highest BCUT2D eigenvalue weighted by molar-refractivity contribution is 7.26. The number of fused-ring (bicyclic) bond motifs is 12. The van der Waals surface area contributed by atoms with Gasteiger partial charge in [-0.25, -0.2) is 4.98 Å². The maximum Gasteiger partial charge on any atom is 0.238 e. The van der Waals surface area contributed by atoms with E-state index in [4.69, 9.17) is 19.4 Å². The number of hydrogen-bond acceptors (Lipinski definition) is 6. The molecule has 63 heavy (non-hydrogen) atoms. The number of nitrogens with zero attached hydrogens (tertiary/aromatic N) is 4. The van der Waals surface area contributed by atoms with Gasteiger partial charge >= 0.3 is 0 Å². The average Bonchev–Trinajstić information content (AvgIpc) is 4.02. The molecule has 3 aromatic heterocycles. The van der Waals surface area contributed by atoms with Gasteiger partial charge in [0.15, 0.2) is 11.6 Å². The highest BCUT2D eigenvalue weighted by atomic mass is 32.1. The molecule has 0 aliphatic heterocycles. The molecule has 0 saturated heterocycles. The van der Waals surface area contributed by atoms with Gasteiger partial charge in [0.25, 0.3) is 0 Å². The van der Waals surface area contributed by atoms with Gasteiger partial charge in [-0.15, -0.1) is 11.3 Å². The Morgan fingerprint density at radius 3 is 1.97 bits per heavy atom. The fourth-order valence-electron chi connectivity index (χ4n) is 10.6. The lowest BCUT2D eigenvalue weighted by Crippen LogP contribution is -2.18. The Balaban J connectivity index is 1.12. The van der Waals surface area contributed by atoms with Crippen LogP contribution in [-0.2, 0) is 10.8 Å². The summed E-state index contributed by atoms with van der Waals surface area (Å²) >= 11 is 1.78. The van der Waals surface area contributed by atoms with Crippen molar-refractivity contribution in [1.29, 1.82) is 0 Å². The summed E-state index contributed by atoms with van der Waals surface area (Å²) in [5.41, 5.74) is 15.4. The maximum atomic E-state index is 6.30. The van der Waals surface area contributed by atoms with Crippen LogP contribution in [0.3, 0.4) is 0 Å². The molecule has 0 amide bonds. The topological polar surface area (TPSA) is 55.1 Å². The van der Waals surface area contributed by atoms with E-state index < -0.39 is 0 Å². The third-order valence-corrected chi connectivity index (χ3v) is 15.0. The van der Waals surface area contributed by atoms with Crippen LogP contribution in [0.4, 0.5) is 17.3 Å². The van der Waals surface area contributed by atoms with E-state index in [-0.39, 0.29) is 10.8 Å². The molecule has 3 heterocycles. The van der Waals surface area contributed by atoms with Crippen molar-refractivity contribution >= 4 is 70.8 Å². The van der Waals surface area contributed by atoms with E-state index >= 15 is 0 Å². The molecule has 2 aliphatic rings. The van der Waals surface area contributed by atoms with Crippen LogP contribution in [0.25, 0.3) is 87.1 Å². The van der Waals surface area contributed by atoms with Gasteiger partial charge in [-0.05, 0) is 93.5 Å². The quantitative estimate of drug-likeness (QED) is 0.173. The molecule has 0 N–H and O–H groups in total. The summed E-state index contributed by atoms with van der Waals surface area (Å²) in [5.74, 6) is 1.76. The number of thiophene rings is 1. The van der Waals surface area contributed by atoms with Crippen molar-refractivity contribution in [2.45, 2.75) is 38.5 Å². The van der Waals surface area contributed by atoms with Gasteiger partial charge < -0.3 is 4.42 Å². The van der Waals surface area contributed by atoms with Gasteiger partial charge in [-0.2, -0.15) is 9.97 Å². The third kappa shape index (κ3) is 5.19. The lowest BCUT2D eigenvalue weighted by molar-refractivity contribution is 0.660. The van der Waals surface area contributed by atoms with Gasteiger partial charge in [0.2, 0.25) is 5.95 Å². The van der Waals surface area contributed by atoms with Crippen LogP contribution in [0, 0.1) is 0 Å². The van der Waals surface area contributed by atoms with E-state index in [1.165, 1.54) is 60.0 Å². The number of rotatable bonds is 5. The smallest absolute Gasteiger partial charge is 0.238 e. The van der Waals surface area contributed by atoms with Crippen molar-refractivity contribution < 1.29 is 4.42 Å². The Bertz CT molecular complexity index is 3720. The summed E-state index contributed by atoms with van der Waals surface area (Å²) in [4.78, 5) is 18.8. The van der Waals surface area contributed by atoms with Crippen LogP contribution in [0.1, 0.15) is 49.9 Å². The standard InChI is InChI=1S/C57H40N4OS/c1-56(2)43-21-9-5-15-35(43)41-32-34(28-29-45(41)56)61(47-24-14-23-46-51(47)39-18-6-10-22-44(39)57(46,3)4)55-59-53(33-27-30-49-42(31-33)36-16-7-11-25-48(36)62-49)58-54(60-55)40-20-13-19-38-37-17-8-12-26-50(37)63-52(38)40/h5-32H,1-4H3. The first-order chi connectivity index (χ1) is 30.7. The Morgan fingerprint density at radius 2 is 1.10 bits per heavy atom. The van der Waals surface area contributed by atoms with Crippen molar-refractivity contribution in [1.82, 2.24) is 15.0 Å². The van der Waals surface area contributed by atoms with Crippen LogP contribution in [-0.4, -0.2) is 15.0 Å². The minimum Gasteiger partial charge on any atom is -0.456 e. The molecule has 0 spiro atoms. The van der Waals surface area contributed by atoms with Gasteiger partial charge in [-0.3, -0.25) is 4.90 Å². The van der Waals surface area contributed by atoms with E-state index in [2.05, 4.69) is 184 Å². The van der Waals surface area contributed by atoms with Crippen LogP contribution in [0.2, 0.25) is 0 Å². The molecule has 5 nitrogen and oxygen atoms in total. The number of aromatic nitrogens is 3. The molecule has 0 saturated carbocycles. The Morgan fingerprint density at radius 1 is 0.460 bits per heavy atom. The normalized spacial score (nSPS) is 14.3. The number of para-hydroxylation sites is 1.